The van der Waals surface area contributed by atoms with Gasteiger partial charge in [0, 0.05) is 0 Å². The van der Waals surface area contributed by atoms with Gasteiger partial charge in [-0.3, -0.25) is 10.1 Å². The van der Waals surface area contributed by atoms with Gasteiger partial charge >= 0.3 is 11.9 Å². The second kappa shape index (κ2) is 4.65. The Morgan fingerprint density at radius 1 is 1.41 bits per heavy atom. The first-order valence-corrected chi connectivity index (χ1v) is 5.13. The van der Waals surface area contributed by atoms with Crippen LogP contribution in [0.1, 0.15) is 6.92 Å². The maximum absolute atomic E-state index is 11.3. The van der Waals surface area contributed by atoms with Crippen molar-refractivity contribution in [3.05, 3.63) is 24.3 Å². The SMILES string of the molecule is CCOC(=O)C(=O)Nc1nc2ccccc2[nH]1. The molecule has 1 heterocycles. The molecule has 0 atom stereocenters. The number of esters is 1. The zero-order chi connectivity index (χ0) is 12.3. The normalized spacial score (nSPS) is 10.2. The number of anilines is 1. The second-order valence-corrected chi connectivity index (χ2v) is 3.28. The molecule has 0 bridgehead atoms. The van der Waals surface area contributed by atoms with E-state index in [0.29, 0.717) is 5.52 Å². The summed E-state index contributed by atoms with van der Waals surface area (Å²) in [5.74, 6) is -1.54. The highest BCUT2D eigenvalue weighted by Gasteiger charge is 2.16. The van der Waals surface area contributed by atoms with Crippen molar-refractivity contribution in [3.8, 4) is 0 Å². The molecule has 0 fully saturated rings. The van der Waals surface area contributed by atoms with E-state index in [2.05, 4.69) is 20.0 Å². The summed E-state index contributed by atoms with van der Waals surface area (Å²) in [6, 6.07) is 7.30. The van der Waals surface area contributed by atoms with E-state index in [9.17, 15) is 9.59 Å². The standard InChI is InChI=1S/C11H11N3O3/c1-2-17-10(16)9(15)14-11-12-7-5-3-4-6-8(7)13-11/h3-6H,2H2,1H3,(H2,12,13,14,15). The average molecular weight is 233 g/mol. The number of fused-ring (bicyclic) bond motifs is 1. The maximum Gasteiger partial charge on any atom is 0.397 e. The van der Waals surface area contributed by atoms with Crippen LogP contribution in [0.2, 0.25) is 0 Å². The van der Waals surface area contributed by atoms with Crippen LogP contribution in [0, 0.1) is 0 Å². The van der Waals surface area contributed by atoms with E-state index in [4.69, 9.17) is 0 Å². The van der Waals surface area contributed by atoms with Crippen LogP contribution in [-0.4, -0.2) is 28.5 Å². The summed E-state index contributed by atoms with van der Waals surface area (Å²) in [5, 5.41) is 2.34. The number of amides is 1. The van der Waals surface area contributed by atoms with Gasteiger partial charge < -0.3 is 9.72 Å². The van der Waals surface area contributed by atoms with Crippen LogP contribution in [0.15, 0.2) is 24.3 Å². The summed E-state index contributed by atoms with van der Waals surface area (Å²) in [5.41, 5.74) is 1.50. The smallest absolute Gasteiger partial charge is 0.397 e. The quantitative estimate of drug-likeness (QED) is 0.600. The molecule has 1 aromatic heterocycles. The van der Waals surface area contributed by atoms with Crippen molar-refractivity contribution in [2.75, 3.05) is 11.9 Å². The van der Waals surface area contributed by atoms with Crippen LogP contribution < -0.4 is 5.32 Å². The van der Waals surface area contributed by atoms with Crippen LogP contribution in [0.4, 0.5) is 5.95 Å². The lowest BCUT2D eigenvalue weighted by atomic mass is 10.3. The summed E-state index contributed by atoms with van der Waals surface area (Å²) >= 11 is 0. The van der Waals surface area contributed by atoms with Gasteiger partial charge in [0.25, 0.3) is 0 Å². The monoisotopic (exact) mass is 233 g/mol. The van der Waals surface area contributed by atoms with Gasteiger partial charge in [0.15, 0.2) is 0 Å². The number of rotatable bonds is 2. The molecule has 88 valence electrons. The predicted octanol–water partition coefficient (Wildman–Crippen LogP) is 1.06. The highest BCUT2D eigenvalue weighted by Crippen LogP contribution is 2.12. The number of H-pyrrole nitrogens is 1. The fourth-order valence-corrected chi connectivity index (χ4v) is 1.37. The number of nitrogens with one attached hydrogen (secondary N) is 2. The Morgan fingerprint density at radius 2 is 2.18 bits per heavy atom. The summed E-state index contributed by atoms with van der Waals surface area (Å²) in [6.07, 6.45) is 0. The number of carbonyl (C=O) groups is 2. The van der Waals surface area contributed by atoms with E-state index in [1.807, 2.05) is 18.2 Å². The molecule has 17 heavy (non-hydrogen) atoms. The molecule has 6 heteroatoms. The molecule has 6 nitrogen and oxygen atoms in total. The molecule has 0 aliphatic heterocycles. The van der Waals surface area contributed by atoms with Gasteiger partial charge in [0.1, 0.15) is 0 Å². The molecule has 0 aliphatic carbocycles. The van der Waals surface area contributed by atoms with E-state index in [-0.39, 0.29) is 12.6 Å². The Bertz CT molecular complexity index is 529. The lowest BCUT2D eigenvalue weighted by Crippen LogP contribution is -2.25. The van der Waals surface area contributed by atoms with Crippen molar-refractivity contribution in [3.63, 3.8) is 0 Å². The van der Waals surface area contributed by atoms with Crippen LogP contribution in [0.3, 0.4) is 0 Å². The maximum atomic E-state index is 11.3. The number of ether oxygens (including phenoxy) is 1. The first-order chi connectivity index (χ1) is 8.20. The van der Waals surface area contributed by atoms with Gasteiger partial charge in [-0.05, 0) is 19.1 Å². The number of para-hydroxylation sites is 2. The van der Waals surface area contributed by atoms with Gasteiger partial charge in [-0.1, -0.05) is 12.1 Å². The molecule has 0 aliphatic rings. The molecular weight excluding hydrogens is 222 g/mol. The molecule has 0 saturated carbocycles. The minimum atomic E-state index is -0.923. The predicted molar refractivity (Wildman–Crippen MR) is 61.4 cm³/mol. The zero-order valence-electron chi connectivity index (χ0n) is 9.19. The Morgan fingerprint density at radius 3 is 2.88 bits per heavy atom. The van der Waals surface area contributed by atoms with Gasteiger partial charge in [0.05, 0.1) is 17.6 Å². The largest absolute Gasteiger partial charge is 0.459 e. The molecule has 0 saturated heterocycles. The molecule has 1 aromatic carbocycles. The van der Waals surface area contributed by atoms with Crippen LogP contribution >= 0.6 is 0 Å². The van der Waals surface area contributed by atoms with Crippen molar-refractivity contribution >= 4 is 28.9 Å². The number of hydrogen-bond donors (Lipinski definition) is 2. The number of aromatic amines is 1. The van der Waals surface area contributed by atoms with Crippen molar-refractivity contribution in [1.82, 2.24) is 9.97 Å². The van der Waals surface area contributed by atoms with E-state index < -0.39 is 11.9 Å². The highest BCUT2D eigenvalue weighted by molar-refractivity contribution is 6.37. The average Bonchev–Trinajstić information content (AvgIpc) is 2.71. The number of hydrogen-bond acceptors (Lipinski definition) is 4. The molecule has 1 amide bonds. The first kappa shape index (κ1) is 11.1. The van der Waals surface area contributed by atoms with Crippen molar-refractivity contribution in [1.29, 1.82) is 0 Å². The summed E-state index contributed by atoms with van der Waals surface area (Å²) in [7, 11) is 0. The lowest BCUT2D eigenvalue weighted by Gasteiger charge is -2.00. The zero-order valence-corrected chi connectivity index (χ0v) is 9.19. The summed E-state index contributed by atoms with van der Waals surface area (Å²) in [6.45, 7) is 1.79. The minimum Gasteiger partial charge on any atom is -0.459 e. The van der Waals surface area contributed by atoms with Gasteiger partial charge in [-0.2, -0.15) is 0 Å². The fraction of sp³-hybridized carbons (Fsp3) is 0.182. The Labute approximate surface area is 97.0 Å². The Hall–Kier alpha value is -2.37. The van der Waals surface area contributed by atoms with Crippen molar-refractivity contribution < 1.29 is 14.3 Å². The molecule has 2 aromatic rings. The van der Waals surface area contributed by atoms with Crippen LogP contribution in [-0.2, 0) is 14.3 Å². The third-order valence-electron chi connectivity index (χ3n) is 2.08. The third-order valence-corrected chi connectivity index (χ3v) is 2.08. The number of nitrogens with zero attached hydrogens (tertiary/aromatic N) is 1. The van der Waals surface area contributed by atoms with Crippen molar-refractivity contribution in [2.24, 2.45) is 0 Å². The van der Waals surface area contributed by atoms with Crippen molar-refractivity contribution in [2.45, 2.75) is 6.92 Å². The molecule has 0 unspecified atom stereocenters. The Kier molecular flexibility index (Phi) is 3.04. The van der Waals surface area contributed by atoms with Gasteiger partial charge in [-0.15, -0.1) is 0 Å². The topological polar surface area (TPSA) is 84.1 Å². The molecule has 0 spiro atoms. The van der Waals surface area contributed by atoms with Gasteiger partial charge in [0.2, 0.25) is 5.95 Å². The van der Waals surface area contributed by atoms with E-state index in [1.54, 1.807) is 13.0 Å². The van der Waals surface area contributed by atoms with Crippen LogP contribution in [0.25, 0.3) is 11.0 Å². The van der Waals surface area contributed by atoms with E-state index >= 15 is 0 Å². The lowest BCUT2D eigenvalue weighted by molar-refractivity contribution is -0.152. The number of aromatic nitrogens is 2. The molecule has 0 radical (unpaired) electrons. The third kappa shape index (κ3) is 2.41. The summed E-state index contributed by atoms with van der Waals surface area (Å²) < 4.78 is 4.56. The van der Waals surface area contributed by atoms with E-state index in [1.165, 1.54) is 0 Å². The fourth-order valence-electron chi connectivity index (χ4n) is 1.37. The molecular formula is C11H11N3O3. The minimum absolute atomic E-state index is 0.159. The number of benzene rings is 1. The van der Waals surface area contributed by atoms with Crippen LogP contribution in [0.5, 0.6) is 0 Å². The molecule has 2 N–H and O–H groups in total. The molecule has 2 rings (SSSR count). The van der Waals surface area contributed by atoms with Gasteiger partial charge in [-0.25, -0.2) is 9.78 Å². The first-order valence-electron chi connectivity index (χ1n) is 5.13. The number of carbonyl (C=O) groups excluding carboxylic acids is 2. The number of imidazole rings is 1. The summed E-state index contributed by atoms with van der Waals surface area (Å²) in [4.78, 5) is 29.4. The highest BCUT2D eigenvalue weighted by atomic mass is 16.5. The van der Waals surface area contributed by atoms with E-state index in [0.717, 1.165) is 5.52 Å². The Balaban J connectivity index is 2.13. The second-order valence-electron chi connectivity index (χ2n) is 3.28.